The van der Waals surface area contributed by atoms with E-state index in [0.717, 1.165) is 67.9 Å². The number of aryl methyl sites for hydroxylation is 2. The van der Waals surface area contributed by atoms with Gasteiger partial charge in [0.1, 0.15) is 5.69 Å². The van der Waals surface area contributed by atoms with Gasteiger partial charge in [0.15, 0.2) is 5.82 Å². The van der Waals surface area contributed by atoms with E-state index in [4.69, 9.17) is 0 Å². The Hall–Kier alpha value is -3.42. The van der Waals surface area contributed by atoms with Crippen LogP contribution in [0.5, 0.6) is 0 Å². The molecule has 2 N–H and O–H groups in total. The van der Waals surface area contributed by atoms with Crippen LogP contribution in [0.1, 0.15) is 57.9 Å². The number of nitrogens with one attached hydrogen (secondary N) is 2. The molecule has 0 saturated heterocycles. The number of benzene rings is 1. The molecule has 2 aromatic heterocycles. The van der Waals surface area contributed by atoms with E-state index in [2.05, 4.69) is 63.8 Å². The predicted molar refractivity (Wildman–Crippen MR) is 132 cm³/mol. The number of nitrogens with zero attached hydrogens (tertiary/aromatic N) is 5. The number of carbonyl (C=O) groups is 1. The molecule has 3 aromatic rings. The van der Waals surface area contributed by atoms with Crippen LogP contribution in [0.25, 0.3) is 0 Å². The monoisotopic (exact) mass is 447 g/mol. The first-order valence-corrected chi connectivity index (χ1v) is 12.0. The SMILES string of the molecule is CCCCCC(=O)NCCCn1cc(N2c3cnc(Nc4ccc(CCC)cc4)nc32)cn1. The molecule has 1 amide bonds. The summed E-state index contributed by atoms with van der Waals surface area (Å²) in [6.07, 6.45) is 12.6. The smallest absolute Gasteiger partial charge is 0.229 e. The maximum Gasteiger partial charge on any atom is 0.229 e. The number of rotatable bonds is 13. The number of fused-ring (bicyclic) bond motifs is 1. The van der Waals surface area contributed by atoms with Crippen LogP contribution in [-0.2, 0) is 17.8 Å². The van der Waals surface area contributed by atoms with Gasteiger partial charge in [-0.15, -0.1) is 0 Å². The van der Waals surface area contributed by atoms with Crippen LogP contribution in [0.15, 0.2) is 42.9 Å². The maximum absolute atomic E-state index is 11.8. The van der Waals surface area contributed by atoms with Crippen LogP contribution in [-0.4, -0.2) is 32.2 Å². The van der Waals surface area contributed by atoms with Gasteiger partial charge in [-0.3, -0.25) is 14.4 Å². The topological polar surface area (TPSA) is 87.7 Å². The number of unbranched alkanes of at least 4 members (excludes halogenated alkanes) is 2. The lowest BCUT2D eigenvalue weighted by atomic mass is 10.1. The van der Waals surface area contributed by atoms with Crippen molar-refractivity contribution < 1.29 is 4.79 Å². The Morgan fingerprint density at radius 1 is 1.03 bits per heavy atom. The molecule has 0 fully saturated rings. The van der Waals surface area contributed by atoms with Gasteiger partial charge < -0.3 is 10.6 Å². The van der Waals surface area contributed by atoms with E-state index >= 15 is 0 Å². The average Bonchev–Trinajstić information content (AvgIpc) is 3.34. The second kappa shape index (κ2) is 10.9. The van der Waals surface area contributed by atoms with Crippen molar-refractivity contribution in [3.8, 4) is 0 Å². The quantitative estimate of drug-likeness (QED) is 0.215. The summed E-state index contributed by atoms with van der Waals surface area (Å²) in [5, 5.41) is 10.7. The summed E-state index contributed by atoms with van der Waals surface area (Å²) >= 11 is 0. The molecule has 0 saturated carbocycles. The number of aromatic nitrogens is 4. The third-order valence-corrected chi connectivity index (χ3v) is 5.67. The first-order valence-electron chi connectivity index (χ1n) is 12.0. The van der Waals surface area contributed by atoms with Crippen LogP contribution in [0.4, 0.5) is 28.8 Å². The summed E-state index contributed by atoms with van der Waals surface area (Å²) < 4.78 is 1.90. The van der Waals surface area contributed by atoms with Crippen molar-refractivity contribution in [1.82, 2.24) is 25.1 Å². The second-order valence-corrected chi connectivity index (χ2v) is 8.43. The Morgan fingerprint density at radius 2 is 1.88 bits per heavy atom. The van der Waals surface area contributed by atoms with E-state index in [1.54, 1.807) is 0 Å². The molecule has 1 aliphatic heterocycles. The van der Waals surface area contributed by atoms with Gasteiger partial charge in [-0.2, -0.15) is 10.1 Å². The van der Waals surface area contributed by atoms with Crippen molar-refractivity contribution in [2.45, 2.75) is 65.3 Å². The molecule has 8 heteroatoms. The van der Waals surface area contributed by atoms with Gasteiger partial charge in [0, 0.05) is 31.4 Å². The van der Waals surface area contributed by atoms with Crippen LogP contribution >= 0.6 is 0 Å². The van der Waals surface area contributed by atoms with Gasteiger partial charge in [-0.25, -0.2) is 4.98 Å². The maximum atomic E-state index is 11.8. The summed E-state index contributed by atoms with van der Waals surface area (Å²) in [6, 6.07) is 8.41. The minimum absolute atomic E-state index is 0.143. The fourth-order valence-corrected chi connectivity index (χ4v) is 3.82. The summed E-state index contributed by atoms with van der Waals surface area (Å²) in [7, 11) is 0. The Balaban J connectivity index is 1.24. The number of hydrogen-bond donors (Lipinski definition) is 2. The minimum atomic E-state index is 0.143. The van der Waals surface area contributed by atoms with Crippen molar-refractivity contribution in [2.24, 2.45) is 0 Å². The number of hydrogen-bond acceptors (Lipinski definition) is 6. The molecule has 0 bridgehead atoms. The van der Waals surface area contributed by atoms with Crippen LogP contribution in [0.2, 0.25) is 0 Å². The minimum Gasteiger partial charge on any atom is -0.356 e. The van der Waals surface area contributed by atoms with Gasteiger partial charge in [-0.1, -0.05) is 45.2 Å². The Kier molecular flexibility index (Phi) is 7.55. The molecule has 0 spiro atoms. The number of carbonyl (C=O) groups excluding carboxylic acids is 1. The molecule has 1 aromatic carbocycles. The highest BCUT2D eigenvalue weighted by atomic mass is 16.1. The molecule has 8 nitrogen and oxygen atoms in total. The lowest BCUT2D eigenvalue weighted by Gasteiger charge is -2.05. The van der Waals surface area contributed by atoms with Gasteiger partial charge >= 0.3 is 0 Å². The highest BCUT2D eigenvalue weighted by Crippen LogP contribution is 2.51. The lowest BCUT2D eigenvalue weighted by molar-refractivity contribution is -0.121. The highest BCUT2D eigenvalue weighted by molar-refractivity contribution is 5.97. The van der Waals surface area contributed by atoms with E-state index in [9.17, 15) is 4.79 Å². The molecule has 1 aliphatic rings. The van der Waals surface area contributed by atoms with Crippen molar-refractivity contribution >= 4 is 34.7 Å². The molecule has 33 heavy (non-hydrogen) atoms. The molecule has 4 rings (SSSR count). The van der Waals surface area contributed by atoms with E-state index < -0.39 is 0 Å². The Morgan fingerprint density at radius 3 is 2.67 bits per heavy atom. The van der Waals surface area contributed by atoms with Crippen molar-refractivity contribution in [3.05, 3.63) is 48.4 Å². The first kappa shape index (κ1) is 22.8. The molecular formula is C25H33N7O. The molecule has 0 aliphatic carbocycles. The zero-order chi connectivity index (χ0) is 23.0. The fraction of sp³-hybridized carbons (Fsp3) is 0.440. The van der Waals surface area contributed by atoms with E-state index in [1.165, 1.54) is 5.56 Å². The zero-order valence-corrected chi connectivity index (χ0v) is 19.5. The Bertz CT molecular complexity index is 1060. The van der Waals surface area contributed by atoms with Gasteiger partial charge in [-0.05, 0) is 37.0 Å². The summed E-state index contributed by atoms with van der Waals surface area (Å²) in [6.45, 7) is 5.75. The molecule has 174 valence electrons. The Labute approximate surface area is 195 Å². The molecule has 0 atom stereocenters. The molecule has 0 radical (unpaired) electrons. The van der Waals surface area contributed by atoms with Crippen LogP contribution in [0, 0.1) is 0 Å². The van der Waals surface area contributed by atoms with E-state index in [1.807, 2.05) is 28.2 Å². The third-order valence-electron chi connectivity index (χ3n) is 5.67. The summed E-state index contributed by atoms with van der Waals surface area (Å²) in [5.74, 6) is 1.62. The summed E-state index contributed by atoms with van der Waals surface area (Å²) in [5.41, 5.74) is 4.29. The largest absolute Gasteiger partial charge is 0.356 e. The van der Waals surface area contributed by atoms with Gasteiger partial charge in [0.05, 0.1) is 18.1 Å². The number of anilines is 5. The van der Waals surface area contributed by atoms with Gasteiger partial charge in [0.2, 0.25) is 11.9 Å². The van der Waals surface area contributed by atoms with Crippen LogP contribution in [0.3, 0.4) is 0 Å². The summed E-state index contributed by atoms with van der Waals surface area (Å²) in [4.78, 5) is 22.9. The molecule has 3 heterocycles. The fourth-order valence-electron chi connectivity index (χ4n) is 3.82. The molecular weight excluding hydrogens is 414 g/mol. The first-order chi connectivity index (χ1) is 16.2. The standard InChI is InChI=1S/C25H33N7O/c1-3-5-6-9-23(33)26-14-7-15-31-18-21(16-28-31)32-22-17-27-25(30-24(22)32)29-20-12-10-19(8-4-2)11-13-20/h10-13,16-18H,3-9,14-15H2,1-2H3,(H,26,33)(H,27,29,30). The van der Waals surface area contributed by atoms with E-state index in [0.29, 0.717) is 18.9 Å². The van der Waals surface area contributed by atoms with Crippen molar-refractivity contribution in [2.75, 3.05) is 16.8 Å². The third kappa shape index (κ3) is 6.09. The predicted octanol–water partition coefficient (Wildman–Crippen LogP) is 5.24. The lowest BCUT2D eigenvalue weighted by Crippen LogP contribution is -2.24. The normalized spacial score (nSPS) is 11.9. The number of amides is 1. The van der Waals surface area contributed by atoms with Crippen molar-refractivity contribution in [1.29, 1.82) is 0 Å². The molecule has 0 unspecified atom stereocenters. The van der Waals surface area contributed by atoms with Gasteiger partial charge in [0.25, 0.3) is 0 Å². The van der Waals surface area contributed by atoms with E-state index in [-0.39, 0.29) is 5.91 Å². The van der Waals surface area contributed by atoms with Crippen molar-refractivity contribution in [3.63, 3.8) is 0 Å². The second-order valence-electron chi connectivity index (χ2n) is 8.43. The van der Waals surface area contributed by atoms with Crippen LogP contribution < -0.4 is 15.5 Å². The zero-order valence-electron chi connectivity index (χ0n) is 19.5. The average molecular weight is 448 g/mol. The highest BCUT2D eigenvalue weighted by Gasteiger charge is 2.34.